The summed E-state index contributed by atoms with van der Waals surface area (Å²) < 4.78 is 5.06. The molecule has 0 atom stereocenters. The third-order valence-corrected chi connectivity index (χ3v) is 2.55. The first-order valence-electron chi connectivity index (χ1n) is 4.76. The summed E-state index contributed by atoms with van der Waals surface area (Å²) in [5.41, 5.74) is 0.253. The average molecular weight is 268 g/mol. The number of nitrogens with zero attached hydrogens (tertiary/aromatic N) is 1. The molecule has 0 saturated carbocycles. The maximum Gasteiger partial charge on any atom is 0.371 e. The van der Waals surface area contributed by atoms with Gasteiger partial charge in [-0.3, -0.25) is 10.1 Å². The molecule has 0 aliphatic heterocycles. The third kappa shape index (κ3) is 2.18. The van der Waals surface area contributed by atoms with E-state index in [1.165, 1.54) is 30.3 Å². The number of carboxylic acids is 1. The van der Waals surface area contributed by atoms with Crippen LogP contribution in [0.3, 0.4) is 0 Å². The second kappa shape index (κ2) is 4.50. The number of carbonyl (C=O) groups is 1. The van der Waals surface area contributed by atoms with Crippen LogP contribution in [0.5, 0.6) is 0 Å². The van der Waals surface area contributed by atoms with Crippen molar-refractivity contribution in [3.8, 4) is 11.3 Å². The van der Waals surface area contributed by atoms with Crippen molar-refractivity contribution >= 4 is 23.3 Å². The van der Waals surface area contributed by atoms with Crippen molar-refractivity contribution < 1.29 is 19.2 Å². The number of nitro benzene ring substituents is 1. The van der Waals surface area contributed by atoms with Crippen LogP contribution < -0.4 is 0 Å². The van der Waals surface area contributed by atoms with Crippen LogP contribution in [0.25, 0.3) is 11.3 Å². The predicted molar refractivity (Wildman–Crippen MR) is 62.8 cm³/mol. The Morgan fingerprint density at radius 1 is 1.33 bits per heavy atom. The van der Waals surface area contributed by atoms with Crippen LogP contribution >= 0.6 is 11.6 Å². The number of carboxylic acid groups (broad SMARTS) is 1. The standard InChI is InChI=1S/C11H6ClNO5/c12-7-5-6(1-2-8(7)13(16)17)9-3-4-10(18-9)11(14)15/h1-5H,(H,14,15). The van der Waals surface area contributed by atoms with E-state index in [9.17, 15) is 14.9 Å². The molecule has 6 nitrogen and oxygen atoms in total. The molecule has 1 aromatic carbocycles. The van der Waals surface area contributed by atoms with Gasteiger partial charge in [-0.1, -0.05) is 11.6 Å². The number of halogens is 1. The fraction of sp³-hybridized carbons (Fsp3) is 0. The van der Waals surface area contributed by atoms with Crippen LogP contribution in [0.4, 0.5) is 5.69 Å². The monoisotopic (exact) mass is 267 g/mol. The maximum absolute atomic E-state index is 10.6. The van der Waals surface area contributed by atoms with Crippen LogP contribution in [0, 0.1) is 10.1 Å². The largest absolute Gasteiger partial charge is 0.475 e. The highest BCUT2D eigenvalue weighted by atomic mass is 35.5. The quantitative estimate of drug-likeness (QED) is 0.681. The minimum atomic E-state index is -1.19. The Hall–Kier alpha value is -2.34. The molecule has 2 aromatic rings. The molecule has 0 aliphatic carbocycles. The van der Waals surface area contributed by atoms with Gasteiger partial charge in [0.15, 0.2) is 0 Å². The first-order valence-corrected chi connectivity index (χ1v) is 5.14. The van der Waals surface area contributed by atoms with E-state index in [-0.39, 0.29) is 22.2 Å². The summed E-state index contributed by atoms with van der Waals surface area (Å²) in [5, 5.41) is 19.3. The smallest absolute Gasteiger partial charge is 0.371 e. The Labute approximate surface area is 106 Å². The lowest BCUT2D eigenvalue weighted by molar-refractivity contribution is -0.384. The lowest BCUT2D eigenvalue weighted by Gasteiger charge is -1.99. The lowest BCUT2D eigenvalue weighted by Crippen LogP contribution is -1.91. The topological polar surface area (TPSA) is 93.6 Å². The Bertz CT molecular complexity index is 634. The molecule has 0 saturated heterocycles. The van der Waals surface area contributed by atoms with Gasteiger partial charge in [-0.25, -0.2) is 4.79 Å². The van der Waals surface area contributed by atoms with Gasteiger partial charge in [0, 0.05) is 11.6 Å². The molecule has 0 spiro atoms. The number of hydrogen-bond donors (Lipinski definition) is 1. The van der Waals surface area contributed by atoms with E-state index >= 15 is 0 Å². The van der Waals surface area contributed by atoms with Crippen LogP contribution in [-0.2, 0) is 0 Å². The Balaban J connectivity index is 2.42. The minimum Gasteiger partial charge on any atom is -0.475 e. The van der Waals surface area contributed by atoms with Gasteiger partial charge in [0.1, 0.15) is 10.8 Å². The summed E-state index contributed by atoms with van der Waals surface area (Å²) in [6, 6.07) is 6.78. The molecule has 18 heavy (non-hydrogen) atoms. The highest BCUT2D eigenvalue weighted by molar-refractivity contribution is 6.32. The highest BCUT2D eigenvalue weighted by Gasteiger charge is 2.15. The zero-order chi connectivity index (χ0) is 13.3. The van der Waals surface area contributed by atoms with Crippen molar-refractivity contribution in [2.75, 3.05) is 0 Å². The fourth-order valence-electron chi connectivity index (χ4n) is 1.42. The third-order valence-electron chi connectivity index (χ3n) is 2.25. The van der Waals surface area contributed by atoms with Crippen molar-refractivity contribution in [2.45, 2.75) is 0 Å². The number of benzene rings is 1. The molecule has 92 valence electrons. The van der Waals surface area contributed by atoms with Crippen molar-refractivity contribution in [2.24, 2.45) is 0 Å². The van der Waals surface area contributed by atoms with E-state index in [1.54, 1.807) is 0 Å². The number of nitro groups is 1. The van der Waals surface area contributed by atoms with Gasteiger partial charge in [0.25, 0.3) is 5.69 Å². The van der Waals surface area contributed by atoms with Gasteiger partial charge in [-0.15, -0.1) is 0 Å². The normalized spacial score (nSPS) is 10.3. The second-order valence-corrected chi connectivity index (χ2v) is 3.80. The van der Waals surface area contributed by atoms with Crippen LogP contribution in [0.1, 0.15) is 10.6 Å². The lowest BCUT2D eigenvalue weighted by atomic mass is 10.1. The van der Waals surface area contributed by atoms with Crippen LogP contribution in [-0.4, -0.2) is 16.0 Å². The van der Waals surface area contributed by atoms with E-state index < -0.39 is 10.9 Å². The van der Waals surface area contributed by atoms with Gasteiger partial charge in [0.05, 0.1) is 4.92 Å². The van der Waals surface area contributed by atoms with Crippen molar-refractivity contribution in [1.82, 2.24) is 0 Å². The molecule has 1 N–H and O–H groups in total. The van der Waals surface area contributed by atoms with Gasteiger partial charge >= 0.3 is 5.97 Å². The second-order valence-electron chi connectivity index (χ2n) is 3.39. The van der Waals surface area contributed by atoms with Crippen LogP contribution in [0.15, 0.2) is 34.7 Å². The average Bonchev–Trinajstić information content (AvgIpc) is 2.77. The molecule has 0 bridgehead atoms. The molecule has 0 aliphatic rings. The van der Waals surface area contributed by atoms with Crippen molar-refractivity contribution in [1.29, 1.82) is 0 Å². The Morgan fingerprint density at radius 3 is 2.56 bits per heavy atom. The summed E-state index contributed by atoms with van der Waals surface area (Å²) >= 11 is 5.74. The molecule has 1 heterocycles. The number of hydrogen-bond acceptors (Lipinski definition) is 4. The first-order chi connectivity index (χ1) is 8.49. The minimum absolute atomic E-state index is 0.0363. The van der Waals surface area contributed by atoms with Gasteiger partial charge < -0.3 is 9.52 Å². The number of furan rings is 1. The van der Waals surface area contributed by atoms with Gasteiger partial charge in [-0.2, -0.15) is 0 Å². The predicted octanol–water partition coefficient (Wildman–Crippen LogP) is 3.21. The zero-order valence-corrected chi connectivity index (χ0v) is 9.55. The summed E-state index contributed by atoms with van der Waals surface area (Å²) in [4.78, 5) is 20.6. The van der Waals surface area contributed by atoms with E-state index in [2.05, 4.69) is 0 Å². The first kappa shape index (κ1) is 12.1. The van der Waals surface area contributed by atoms with Crippen molar-refractivity contribution in [3.05, 3.63) is 51.2 Å². The van der Waals surface area contributed by atoms with Crippen molar-refractivity contribution in [3.63, 3.8) is 0 Å². The summed E-state index contributed by atoms with van der Waals surface area (Å²) in [7, 11) is 0. The molecular weight excluding hydrogens is 262 g/mol. The zero-order valence-electron chi connectivity index (χ0n) is 8.79. The van der Waals surface area contributed by atoms with E-state index in [0.717, 1.165) is 0 Å². The number of rotatable bonds is 3. The molecule has 0 amide bonds. The van der Waals surface area contributed by atoms with Gasteiger partial charge in [-0.05, 0) is 24.3 Å². The highest BCUT2D eigenvalue weighted by Crippen LogP contribution is 2.30. The summed E-state index contributed by atoms with van der Waals surface area (Å²) in [6.07, 6.45) is 0. The summed E-state index contributed by atoms with van der Waals surface area (Å²) in [5.74, 6) is -1.11. The molecule has 0 radical (unpaired) electrons. The Morgan fingerprint density at radius 2 is 2.06 bits per heavy atom. The van der Waals surface area contributed by atoms with E-state index in [0.29, 0.717) is 5.56 Å². The van der Waals surface area contributed by atoms with E-state index in [1.807, 2.05) is 0 Å². The van der Waals surface area contributed by atoms with E-state index in [4.69, 9.17) is 21.1 Å². The molecule has 1 aromatic heterocycles. The van der Waals surface area contributed by atoms with Gasteiger partial charge in [0.2, 0.25) is 5.76 Å². The molecular formula is C11H6ClNO5. The fourth-order valence-corrected chi connectivity index (χ4v) is 1.67. The maximum atomic E-state index is 10.6. The molecule has 7 heteroatoms. The molecule has 2 rings (SSSR count). The summed E-state index contributed by atoms with van der Waals surface area (Å²) in [6.45, 7) is 0. The molecule has 0 fully saturated rings. The Kier molecular flexibility index (Phi) is 3.03. The van der Waals surface area contributed by atoms with Crippen LogP contribution in [0.2, 0.25) is 5.02 Å². The SMILES string of the molecule is O=C(O)c1ccc(-c2ccc([N+](=O)[O-])c(Cl)c2)o1. The number of aromatic carboxylic acids is 1. The molecule has 0 unspecified atom stereocenters.